The Morgan fingerprint density at radius 1 is 1.19 bits per heavy atom. The normalized spacial score (nSPS) is 12.0. The van der Waals surface area contributed by atoms with Crippen LogP contribution in [0.15, 0.2) is 42.5 Å². The van der Waals surface area contributed by atoms with Crippen molar-refractivity contribution in [2.75, 3.05) is 11.9 Å². The van der Waals surface area contributed by atoms with Crippen molar-refractivity contribution in [3.63, 3.8) is 0 Å². The average Bonchev–Trinajstić information content (AvgIpc) is 2.45. The molecule has 5 heteroatoms. The lowest BCUT2D eigenvalue weighted by atomic mass is 10.0. The number of carboxylic acids is 1. The molecule has 1 unspecified atom stereocenters. The van der Waals surface area contributed by atoms with Crippen molar-refractivity contribution in [2.45, 2.75) is 13.0 Å². The number of rotatable bonds is 4. The number of halogens is 2. The van der Waals surface area contributed by atoms with E-state index in [-0.39, 0.29) is 11.6 Å². The zero-order valence-electron chi connectivity index (χ0n) is 11.7. The minimum atomic E-state index is -0.986. The van der Waals surface area contributed by atoms with Gasteiger partial charge >= 0.3 is 5.97 Å². The molecule has 21 heavy (non-hydrogen) atoms. The summed E-state index contributed by atoms with van der Waals surface area (Å²) < 4.78 is 0. The van der Waals surface area contributed by atoms with Gasteiger partial charge in [0, 0.05) is 17.1 Å². The van der Waals surface area contributed by atoms with E-state index in [2.05, 4.69) is 0 Å². The van der Waals surface area contributed by atoms with Gasteiger partial charge in [0.1, 0.15) is 0 Å². The second kappa shape index (κ2) is 6.37. The molecule has 2 aromatic carbocycles. The summed E-state index contributed by atoms with van der Waals surface area (Å²) in [6.07, 6.45) is 0. The first-order valence-corrected chi connectivity index (χ1v) is 7.17. The van der Waals surface area contributed by atoms with Crippen molar-refractivity contribution in [1.29, 1.82) is 0 Å². The minimum Gasteiger partial charge on any atom is -0.478 e. The summed E-state index contributed by atoms with van der Waals surface area (Å²) in [5, 5.41) is 10.5. The number of carbonyl (C=O) groups is 1. The monoisotopic (exact) mass is 323 g/mol. The molecule has 0 radical (unpaired) electrons. The van der Waals surface area contributed by atoms with E-state index in [0.29, 0.717) is 15.7 Å². The van der Waals surface area contributed by atoms with Crippen LogP contribution in [-0.4, -0.2) is 18.1 Å². The Labute approximate surface area is 133 Å². The predicted molar refractivity (Wildman–Crippen MR) is 86.7 cm³/mol. The van der Waals surface area contributed by atoms with Gasteiger partial charge in [0.15, 0.2) is 0 Å². The van der Waals surface area contributed by atoms with Gasteiger partial charge in [-0.2, -0.15) is 0 Å². The molecule has 1 N–H and O–H groups in total. The average molecular weight is 324 g/mol. The molecule has 0 aliphatic carbocycles. The van der Waals surface area contributed by atoms with Crippen LogP contribution in [0.5, 0.6) is 0 Å². The van der Waals surface area contributed by atoms with Crippen LogP contribution in [0.4, 0.5) is 5.69 Å². The van der Waals surface area contributed by atoms with Crippen LogP contribution in [0.3, 0.4) is 0 Å². The Morgan fingerprint density at radius 3 is 2.48 bits per heavy atom. The van der Waals surface area contributed by atoms with E-state index in [1.807, 2.05) is 43.1 Å². The van der Waals surface area contributed by atoms with Crippen LogP contribution < -0.4 is 4.90 Å². The highest BCUT2D eigenvalue weighted by Crippen LogP contribution is 2.33. The molecule has 1 atom stereocenters. The third-order valence-electron chi connectivity index (χ3n) is 3.51. The fraction of sp³-hybridized carbons (Fsp3) is 0.188. The van der Waals surface area contributed by atoms with E-state index in [9.17, 15) is 9.90 Å². The largest absolute Gasteiger partial charge is 0.478 e. The molecule has 2 aromatic rings. The van der Waals surface area contributed by atoms with Gasteiger partial charge in [-0.1, -0.05) is 41.4 Å². The minimum absolute atomic E-state index is 0.0877. The molecule has 0 amide bonds. The lowest BCUT2D eigenvalue weighted by Crippen LogP contribution is -2.24. The van der Waals surface area contributed by atoms with Gasteiger partial charge in [-0.3, -0.25) is 0 Å². The maximum Gasteiger partial charge on any atom is 0.337 e. The molecular weight excluding hydrogens is 309 g/mol. The molecule has 0 spiro atoms. The Kier molecular flexibility index (Phi) is 4.76. The first-order chi connectivity index (χ1) is 9.91. The number of hydrogen-bond acceptors (Lipinski definition) is 2. The lowest BCUT2D eigenvalue weighted by molar-refractivity contribution is 0.0697. The molecular formula is C16H15Cl2NO2. The van der Waals surface area contributed by atoms with Crippen molar-refractivity contribution in [3.8, 4) is 0 Å². The molecule has 3 nitrogen and oxygen atoms in total. The molecule has 0 aliphatic heterocycles. The summed E-state index contributed by atoms with van der Waals surface area (Å²) >= 11 is 12.2. The number of aromatic carboxylic acids is 1. The van der Waals surface area contributed by atoms with E-state index in [1.54, 1.807) is 12.1 Å². The predicted octanol–water partition coefficient (Wildman–Crippen LogP) is 4.89. The first-order valence-electron chi connectivity index (χ1n) is 6.42. The van der Waals surface area contributed by atoms with E-state index < -0.39 is 5.97 Å². The topological polar surface area (TPSA) is 40.5 Å². The molecule has 0 bridgehead atoms. The highest BCUT2D eigenvalue weighted by Gasteiger charge is 2.20. The smallest absolute Gasteiger partial charge is 0.337 e. The SMILES string of the molecule is CC(c1ccccc1Cl)N(C)c1cc(Cl)ccc1C(=O)O. The zero-order valence-corrected chi connectivity index (χ0v) is 13.2. The molecule has 2 rings (SSSR count). The molecule has 0 fully saturated rings. The van der Waals surface area contributed by atoms with Gasteiger partial charge in [0.25, 0.3) is 0 Å². The third kappa shape index (κ3) is 3.31. The van der Waals surface area contributed by atoms with Crippen LogP contribution in [0.25, 0.3) is 0 Å². The number of nitrogens with zero attached hydrogens (tertiary/aromatic N) is 1. The van der Waals surface area contributed by atoms with Crippen LogP contribution in [-0.2, 0) is 0 Å². The number of anilines is 1. The van der Waals surface area contributed by atoms with Gasteiger partial charge in [-0.05, 0) is 36.8 Å². The van der Waals surface area contributed by atoms with Crippen molar-refractivity contribution in [1.82, 2.24) is 0 Å². The third-order valence-corrected chi connectivity index (χ3v) is 4.09. The first kappa shape index (κ1) is 15.7. The number of hydrogen-bond donors (Lipinski definition) is 1. The van der Waals surface area contributed by atoms with Gasteiger partial charge in [-0.15, -0.1) is 0 Å². The summed E-state index contributed by atoms with van der Waals surface area (Å²) in [5.74, 6) is -0.986. The maximum absolute atomic E-state index is 11.4. The molecule has 0 saturated carbocycles. The van der Waals surface area contributed by atoms with Crippen molar-refractivity contribution >= 4 is 34.9 Å². The molecule has 0 aliphatic rings. The summed E-state index contributed by atoms with van der Waals surface area (Å²) in [7, 11) is 1.83. The van der Waals surface area contributed by atoms with Crippen molar-refractivity contribution in [2.24, 2.45) is 0 Å². The van der Waals surface area contributed by atoms with Crippen molar-refractivity contribution in [3.05, 3.63) is 63.6 Å². The zero-order chi connectivity index (χ0) is 15.6. The van der Waals surface area contributed by atoms with Gasteiger partial charge < -0.3 is 10.0 Å². The highest BCUT2D eigenvalue weighted by atomic mass is 35.5. The molecule has 0 aromatic heterocycles. The van der Waals surface area contributed by atoms with Crippen molar-refractivity contribution < 1.29 is 9.90 Å². The Hall–Kier alpha value is -1.71. The standard InChI is InChI=1S/C16H15Cl2NO2/c1-10(12-5-3-4-6-14(12)18)19(2)15-9-11(17)7-8-13(15)16(20)21/h3-10H,1-2H3,(H,20,21). The molecule has 0 saturated heterocycles. The maximum atomic E-state index is 11.4. The van der Waals surface area contributed by atoms with E-state index in [1.165, 1.54) is 6.07 Å². The van der Waals surface area contributed by atoms with E-state index >= 15 is 0 Å². The van der Waals surface area contributed by atoms with Crippen LogP contribution in [0, 0.1) is 0 Å². The number of benzene rings is 2. The summed E-state index contributed by atoms with van der Waals surface area (Å²) in [6.45, 7) is 1.97. The summed E-state index contributed by atoms with van der Waals surface area (Å²) in [6, 6.07) is 12.2. The number of carboxylic acid groups (broad SMARTS) is 1. The van der Waals surface area contributed by atoms with Crippen LogP contribution >= 0.6 is 23.2 Å². The summed E-state index contributed by atoms with van der Waals surface area (Å²) in [5.41, 5.74) is 1.70. The fourth-order valence-electron chi connectivity index (χ4n) is 2.21. The van der Waals surface area contributed by atoms with Crippen LogP contribution in [0.2, 0.25) is 10.0 Å². The molecule has 110 valence electrons. The molecule has 0 heterocycles. The fourth-order valence-corrected chi connectivity index (χ4v) is 2.67. The Morgan fingerprint density at radius 2 is 1.86 bits per heavy atom. The van der Waals surface area contributed by atoms with Crippen LogP contribution in [0.1, 0.15) is 28.9 Å². The second-order valence-electron chi connectivity index (χ2n) is 4.78. The van der Waals surface area contributed by atoms with Gasteiger partial charge in [-0.25, -0.2) is 4.79 Å². The van der Waals surface area contributed by atoms with E-state index in [0.717, 1.165) is 5.56 Å². The quantitative estimate of drug-likeness (QED) is 0.870. The van der Waals surface area contributed by atoms with Gasteiger partial charge in [0.05, 0.1) is 17.3 Å². The summed E-state index contributed by atoms with van der Waals surface area (Å²) in [4.78, 5) is 13.2. The second-order valence-corrected chi connectivity index (χ2v) is 5.62. The Bertz CT molecular complexity index is 673. The Balaban J connectivity index is 2.44. The lowest BCUT2D eigenvalue weighted by Gasteiger charge is -2.29. The van der Waals surface area contributed by atoms with E-state index in [4.69, 9.17) is 23.2 Å². The van der Waals surface area contributed by atoms with Gasteiger partial charge in [0.2, 0.25) is 0 Å². The highest BCUT2D eigenvalue weighted by molar-refractivity contribution is 6.31.